The Morgan fingerprint density at radius 3 is 2.36 bits per heavy atom. The van der Waals surface area contributed by atoms with E-state index < -0.39 is 15.9 Å². The molecule has 7 heteroatoms. The highest BCUT2D eigenvalue weighted by Gasteiger charge is 2.49. The van der Waals surface area contributed by atoms with Crippen molar-refractivity contribution in [2.24, 2.45) is 0 Å². The number of hydrogen-bond acceptors (Lipinski definition) is 4. The normalized spacial score (nSPS) is 24.4. The van der Waals surface area contributed by atoms with Gasteiger partial charge in [0, 0.05) is 23.8 Å². The van der Waals surface area contributed by atoms with Crippen molar-refractivity contribution in [2.45, 2.75) is 32.5 Å². The van der Waals surface area contributed by atoms with Crippen molar-refractivity contribution >= 4 is 21.4 Å². The Morgan fingerprint density at radius 1 is 1.04 bits per heavy atom. The molecule has 2 heterocycles. The molecular weight excluding hydrogens is 379 g/mol. The molecule has 0 saturated carbocycles. The molecule has 2 aliphatic rings. The second-order valence-electron chi connectivity index (χ2n) is 7.82. The van der Waals surface area contributed by atoms with Gasteiger partial charge in [0.25, 0.3) is 0 Å². The maximum absolute atomic E-state index is 14.1. The van der Waals surface area contributed by atoms with Crippen LogP contribution in [0.1, 0.15) is 16.7 Å². The number of amides is 1. The summed E-state index contributed by atoms with van der Waals surface area (Å²) in [4.78, 5) is 16.5. The second-order valence-corrected chi connectivity index (χ2v) is 9.97. The Hall–Kier alpha value is -2.25. The molecule has 4 rings (SSSR count). The van der Waals surface area contributed by atoms with Crippen molar-refractivity contribution in [3.63, 3.8) is 0 Å². The number of anilines is 1. The minimum atomic E-state index is -3.28. The first kappa shape index (κ1) is 19.1. The van der Waals surface area contributed by atoms with Crippen molar-refractivity contribution < 1.29 is 17.6 Å². The van der Waals surface area contributed by atoms with Crippen molar-refractivity contribution in [3.05, 3.63) is 65.0 Å². The number of carbonyl (C=O) groups is 1. The molecule has 0 unspecified atom stereocenters. The van der Waals surface area contributed by atoms with Gasteiger partial charge in [0.05, 0.1) is 24.1 Å². The van der Waals surface area contributed by atoms with E-state index in [1.165, 1.54) is 6.07 Å². The molecule has 0 aromatic heterocycles. The highest BCUT2D eigenvalue weighted by atomic mass is 32.2. The van der Waals surface area contributed by atoms with Crippen molar-refractivity contribution in [3.8, 4) is 0 Å². The van der Waals surface area contributed by atoms with Gasteiger partial charge in [-0.3, -0.25) is 9.69 Å². The largest absolute Gasteiger partial charge is 0.306 e. The van der Waals surface area contributed by atoms with E-state index >= 15 is 0 Å². The van der Waals surface area contributed by atoms with Crippen molar-refractivity contribution in [1.29, 1.82) is 0 Å². The number of benzene rings is 2. The molecule has 5 nitrogen and oxygen atoms in total. The van der Waals surface area contributed by atoms with Crippen molar-refractivity contribution in [2.75, 3.05) is 23.0 Å². The van der Waals surface area contributed by atoms with E-state index in [1.807, 2.05) is 36.9 Å². The summed E-state index contributed by atoms with van der Waals surface area (Å²) >= 11 is 0. The number of halogens is 1. The summed E-state index contributed by atoms with van der Waals surface area (Å²) in [7, 11) is -3.28. The lowest BCUT2D eigenvalue weighted by Crippen LogP contribution is -2.61. The number of hydrogen-bond donors (Lipinski definition) is 0. The maximum atomic E-state index is 14.1. The minimum Gasteiger partial charge on any atom is -0.306 e. The van der Waals surface area contributed by atoms with Crippen LogP contribution in [-0.2, 0) is 21.2 Å². The first-order chi connectivity index (χ1) is 13.2. The average molecular weight is 402 g/mol. The van der Waals surface area contributed by atoms with Gasteiger partial charge in [-0.15, -0.1) is 0 Å². The van der Waals surface area contributed by atoms with Crippen molar-refractivity contribution in [1.82, 2.24) is 4.90 Å². The maximum Gasteiger partial charge on any atom is 0.241 e. The molecule has 0 spiro atoms. The second kappa shape index (κ2) is 6.97. The summed E-state index contributed by atoms with van der Waals surface area (Å²) in [5, 5.41) is 0. The van der Waals surface area contributed by atoms with E-state index in [9.17, 15) is 17.6 Å². The smallest absolute Gasteiger partial charge is 0.241 e. The van der Waals surface area contributed by atoms with Crippen LogP contribution >= 0.6 is 0 Å². The Morgan fingerprint density at radius 2 is 1.68 bits per heavy atom. The zero-order chi connectivity index (χ0) is 20.1. The third-order valence-electron chi connectivity index (χ3n) is 5.52. The van der Waals surface area contributed by atoms with Gasteiger partial charge in [0.15, 0.2) is 9.84 Å². The van der Waals surface area contributed by atoms with E-state index in [2.05, 4.69) is 0 Å². The molecule has 0 aliphatic carbocycles. The van der Waals surface area contributed by atoms with Gasteiger partial charge in [-0.1, -0.05) is 24.3 Å². The summed E-state index contributed by atoms with van der Waals surface area (Å²) in [6.07, 6.45) is 0. The zero-order valence-electron chi connectivity index (χ0n) is 15.9. The van der Waals surface area contributed by atoms with Crippen LogP contribution in [0.25, 0.3) is 0 Å². The predicted molar refractivity (Wildman–Crippen MR) is 106 cm³/mol. The number of fused-ring (bicyclic) bond motifs is 1. The van der Waals surface area contributed by atoms with Crippen LogP contribution < -0.4 is 4.90 Å². The van der Waals surface area contributed by atoms with Crippen LogP contribution in [0.4, 0.5) is 10.1 Å². The summed E-state index contributed by atoms with van der Waals surface area (Å²) < 4.78 is 39.0. The van der Waals surface area contributed by atoms with Crippen LogP contribution in [0, 0.1) is 19.7 Å². The molecule has 1 amide bonds. The molecule has 2 aromatic rings. The molecule has 2 atom stereocenters. The number of aryl methyl sites for hydroxylation is 2. The molecule has 0 N–H and O–H groups in total. The van der Waals surface area contributed by atoms with E-state index in [4.69, 9.17) is 0 Å². The van der Waals surface area contributed by atoms with Gasteiger partial charge >= 0.3 is 0 Å². The minimum absolute atomic E-state index is 0.0132. The topological polar surface area (TPSA) is 57.7 Å². The molecule has 0 radical (unpaired) electrons. The third kappa shape index (κ3) is 3.56. The quantitative estimate of drug-likeness (QED) is 0.791. The lowest BCUT2D eigenvalue weighted by Gasteiger charge is -2.43. The number of carbonyl (C=O) groups excluding carboxylic acids is 1. The number of piperazine rings is 1. The highest BCUT2D eigenvalue weighted by Crippen LogP contribution is 2.33. The Labute approximate surface area is 164 Å². The SMILES string of the molecule is Cc1cc(C)cc(N2C(=O)CN(Cc3ccccc3F)[C@H]3CS(=O)(=O)C[C@H]32)c1. The van der Waals surface area contributed by atoms with Crippen LogP contribution in [-0.4, -0.2) is 49.4 Å². The summed E-state index contributed by atoms with van der Waals surface area (Å²) in [6, 6.07) is 11.5. The number of sulfone groups is 1. The van der Waals surface area contributed by atoms with Gasteiger partial charge in [0.2, 0.25) is 5.91 Å². The standard InChI is InChI=1S/C21H23FN2O3S/c1-14-7-15(2)9-17(8-14)24-20-13-28(26,27)12-19(20)23(11-21(24)25)10-16-5-3-4-6-18(16)22/h3-9,19-20H,10-13H2,1-2H3/t19-,20+/m0/s1. The molecular formula is C21H23FN2O3S. The fourth-order valence-electron chi connectivity index (χ4n) is 4.40. The fourth-order valence-corrected chi connectivity index (χ4v) is 6.38. The van der Waals surface area contributed by atoms with Gasteiger partial charge in [-0.05, 0) is 43.2 Å². The third-order valence-corrected chi connectivity index (χ3v) is 7.22. The highest BCUT2D eigenvalue weighted by molar-refractivity contribution is 7.91. The molecule has 2 aliphatic heterocycles. The molecule has 2 aromatic carbocycles. The van der Waals surface area contributed by atoms with E-state index in [0.29, 0.717) is 5.56 Å². The average Bonchev–Trinajstić information content (AvgIpc) is 2.91. The summed E-state index contributed by atoms with van der Waals surface area (Å²) in [5.74, 6) is -0.575. The van der Waals surface area contributed by atoms with Crippen LogP contribution in [0.3, 0.4) is 0 Å². The van der Waals surface area contributed by atoms with E-state index in [0.717, 1.165) is 16.8 Å². The van der Waals surface area contributed by atoms with Gasteiger partial charge in [-0.2, -0.15) is 0 Å². The van der Waals surface area contributed by atoms with Crippen LogP contribution in [0.15, 0.2) is 42.5 Å². The molecule has 0 bridgehead atoms. The zero-order valence-corrected chi connectivity index (χ0v) is 16.7. The first-order valence-corrected chi connectivity index (χ1v) is 11.1. The summed E-state index contributed by atoms with van der Waals surface area (Å²) in [6.45, 7) is 4.20. The first-order valence-electron chi connectivity index (χ1n) is 9.32. The summed E-state index contributed by atoms with van der Waals surface area (Å²) in [5.41, 5.74) is 3.25. The predicted octanol–water partition coefficient (Wildman–Crippen LogP) is 2.46. The molecule has 2 saturated heterocycles. The number of nitrogens with zero attached hydrogens (tertiary/aromatic N) is 2. The molecule has 28 heavy (non-hydrogen) atoms. The Bertz CT molecular complexity index is 1020. The van der Waals surface area contributed by atoms with Gasteiger partial charge in [-0.25, -0.2) is 12.8 Å². The Balaban J connectivity index is 1.70. The van der Waals surface area contributed by atoms with Gasteiger partial charge in [0.1, 0.15) is 5.82 Å². The van der Waals surface area contributed by atoms with Crippen LogP contribution in [0.5, 0.6) is 0 Å². The van der Waals surface area contributed by atoms with Gasteiger partial charge < -0.3 is 4.90 Å². The fraction of sp³-hybridized carbons (Fsp3) is 0.381. The lowest BCUT2D eigenvalue weighted by atomic mass is 10.0. The number of rotatable bonds is 3. The Kier molecular flexibility index (Phi) is 4.75. The van der Waals surface area contributed by atoms with E-state index in [-0.39, 0.29) is 42.4 Å². The monoisotopic (exact) mass is 402 g/mol. The molecule has 2 fully saturated rings. The lowest BCUT2D eigenvalue weighted by molar-refractivity contribution is -0.123. The molecule has 148 valence electrons. The van der Waals surface area contributed by atoms with E-state index in [1.54, 1.807) is 23.1 Å². The van der Waals surface area contributed by atoms with Crippen LogP contribution in [0.2, 0.25) is 0 Å².